The number of halogens is 2. The van der Waals surface area contributed by atoms with Crippen LogP contribution in [0.25, 0.3) is 11.1 Å². The minimum atomic E-state index is -1.01. The Balaban J connectivity index is 2.44. The Labute approximate surface area is 157 Å². The Kier molecular flexibility index (Phi) is 7.17. The number of amides is 1. The fourth-order valence-electron chi connectivity index (χ4n) is 2.96. The van der Waals surface area contributed by atoms with E-state index in [1.807, 2.05) is 39.3 Å². The van der Waals surface area contributed by atoms with Crippen molar-refractivity contribution in [3.8, 4) is 11.1 Å². The van der Waals surface area contributed by atoms with Gasteiger partial charge in [0.25, 0.3) is 0 Å². The molecule has 0 bridgehead atoms. The number of nitrogens with one attached hydrogen (secondary N) is 1. The number of hydrogen-bond acceptors (Lipinski definition) is 3. The summed E-state index contributed by atoms with van der Waals surface area (Å²) >= 11 is 1.47. The Morgan fingerprint density at radius 1 is 1.12 bits per heavy atom. The minimum absolute atomic E-state index is 0.0429. The summed E-state index contributed by atoms with van der Waals surface area (Å²) in [6.45, 7) is 3.79. The third kappa shape index (κ3) is 4.24. The van der Waals surface area contributed by atoms with Crippen molar-refractivity contribution in [2.45, 2.75) is 37.2 Å². The molecule has 3 nitrogen and oxygen atoms in total. The van der Waals surface area contributed by atoms with Gasteiger partial charge in [0.05, 0.1) is 5.69 Å². The van der Waals surface area contributed by atoms with Gasteiger partial charge >= 0.3 is 0 Å². The van der Waals surface area contributed by atoms with Crippen LogP contribution < -0.4 is 10.2 Å². The normalized spacial score (nSPS) is 13.3. The summed E-state index contributed by atoms with van der Waals surface area (Å²) in [5.41, 5.74) is 0.787. The number of nitrogens with zero attached hydrogens (tertiary/aromatic N) is 1. The summed E-state index contributed by atoms with van der Waals surface area (Å²) in [5, 5.41) is 3.08. The predicted octanol–water partition coefficient (Wildman–Crippen LogP) is 4.70. The van der Waals surface area contributed by atoms with Crippen LogP contribution >= 0.6 is 11.8 Å². The van der Waals surface area contributed by atoms with Gasteiger partial charge in [0.15, 0.2) is 11.6 Å². The zero-order valence-electron chi connectivity index (χ0n) is 15.4. The standard InChI is InChI=1S/C20H24F2N2OS/c1-13(23-3)11-14(2)24(12-25)17-10-9-16(19(21)20(17)22)15-7-5-6-8-18(15)26-4/h5-10,12-14,23H,11H2,1-4H3. The first-order valence-electron chi connectivity index (χ1n) is 8.46. The van der Waals surface area contributed by atoms with Crippen LogP contribution in [0.15, 0.2) is 41.3 Å². The first-order chi connectivity index (χ1) is 12.4. The van der Waals surface area contributed by atoms with Crippen molar-refractivity contribution in [1.82, 2.24) is 5.32 Å². The van der Waals surface area contributed by atoms with Crippen LogP contribution in [0.3, 0.4) is 0 Å². The van der Waals surface area contributed by atoms with Gasteiger partial charge in [-0.3, -0.25) is 4.79 Å². The molecule has 0 aliphatic rings. The Morgan fingerprint density at radius 3 is 2.42 bits per heavy atom. The molecule has 0 spiro atoms. The molecule has 26 heavy (non-hydrogen) atoms. The van der Waals surface area contributed by atoms with Crippen LogP contribution in [0.2, 0.25) is 0 Å². The summed E-state index contributed by atoms with van der Waals surface area (Å²) in [5.74, 6) is -1.95. The van der Waals surface area contributed by atoms with Crippen LogP contribution in [0.5, 0.6) is 0 Å². The van der Waals surface area contributed by atoms with Gasteiger partial charge in [0.1, 0.15) is 0 Å². The number of thioether (sulfide) groups is 1. The lowest BCUT2D eigenvalue weighted by atomic mass is 10.0. The van der Waals surface area contributed by atoms with Crippen LogP contribution in [0.1, 0.15) is 20.3 Å². The summed E-state index contributed by atoms with van der Waals surface area (Å²) < 4.78 is 29.6. The van der Waals surface area contributed by atoms with Crippen molar-refractivity contribution in [3.05, 3.63) is 48.0 Å². The maximum Gasteiger partial charge on any atom is 0.214 e. The van der Waals surface area contributed by atoms with Crippen LogP contribution in [-0.2, 0) is 4.79 Å². The van der Waals surface area contributed by atoms with E-state index < -0.39 is 11.6 Å². The second kappa shape index (κ2) is 9.14. The van der Waals surface area contributed by atoms with Gasteiger partial charge in [-0.2, -0.15) is 0 Å². The lowest BCUT2D eigenvalue weighted by Crippen LogP contribution is -2.37. The van der Waals surface area contributed by atoms with Gasteiger partial charge in [-0.15, -0.1) is 11.8 Å². The maximum absolute atomic E-state index is 14.8. The molecule has 0 saturated heterocycles. The predicted molar refractivity (Wildman–Crippen MR) is 105 cm³/mol. The first kappa shape index (κ1) is 20.4. The van der Waals surface area contributed by atoms with Crippen molar-refractivity contribution in [1.29, 1.82) is 0 Å². The van der Waals surface area contributed by atoms with E-state index in [0.717, 1.165) is 4.90 Å². The molecule has 2 aromatic carbocycles. The summed E-state index contributed by atoms with van der Waals surface area (Å²) in [6.07, 6.45) is 3.06. The highest BCUT2D eigenvalue weighted by Gasteiger charge is 2.23. The molecule has 6 heteroatoms. The molecule has 1 N–H and O–H groups in total. The monoisotopic (exact) mass is 378 g/mol. The van der Waals surface area contributed by atoms with Gasteiger partial charge in [0.2, 0.25) is 6.41 Å². The average molecular weight is 378 g/mol. The smallest absolute Gasteiger partial charge is 0.214 e. The largest absolute Gasteiger partial charge is 0.317 e. The molecule has 140 valence electrons. The number of carbonyl (C=O) groups excluding carboxylic acids is 1. The molecule has 0 aliphatic heterocycles. The van der Waals surface area contributed by atoms with Crippen molar-refractivity contribution < 1.29 is 13.6 Å². The van der Waals surface area contributed by atoms with E-state index in [9.17, 15) is 13.6 Å². The maximum atomic E-state index is 14.8. The molecule has 0 heterocycles. The molecule has 0 aromatic heterocycles. The Bertz CT molecular complexity index is 769. The fourth-order valence-corrected chi connectivity index (χ4v) is 3.57. The lowest BCUT2D eigenvalue weighted by Gasteiger charge is -2.28. The second-order valence-corrected chi connectivity index (χ2v) is 7.10. The van der Waals surface area contributed by atoms with Crippen LogP contribution in [0.4, 0.5) is 14.5 Å². The van der Waals surface area contributed by atoms with Crippen molar-refractivity contribution in [2.24, 2.45) is 0 Å². The van der Waals surface area contributed by atoms with E-state index in [1.54, 1.807) is 12.1 Å². The fraction of sp³-hybridized carbons (Fsp3) is 0.350. The van der Waals surface area contributed by atoms with E-state index in [-0.39, 0.29) is 23.3 Å². The molecule has 2 rings (SSSR count). The third-order valence-corrected chi connectivity index (χ3v) is 5.31. The lowest BCUT2D eigenvalue weighted by molar-refractivity contribution is -0.107. The SMILES string of the molecule is CNC(C)CC(C)N(C=O)c1ccc(-c2ccccc2SC)c(F)c1F. The molecular weight excluding hydrogens is 354 g/mol. The van der Waals surface area contributed by atoms with Crippen LogP contribution in [0, 0.1) is 11.6 Å². The van der Waals surface area contributed by atoms with E-state index in [2.05, 4.69) is 5.32 Å². The number of benzene rings is 2. The highest BCUT2D eigenvalue weighted by atomic mass is 32.2. The molecule has 0 fully saturated rings. The van der Waals surface area contributed by atoms with Gasteiger partial charge in [-0.05, 0) is 57.3 Å². The Hall–Kier alpha value is -1.92. The summed E-state index contributed by atoms with van der Waals surface area (Å²) in [6, 6.07) is 10.2. The molecule has 0 radical (unpaired) electrons. The summed E-state index contributed by atoms with van der Waals surface area (Å²) in [4.78, 5) is 13.7. The highest BCUT2D eigenvalue weighted by Crippen LogP contribution is 2.35. The van der Waals surface area contributed by atoms with Gasteiger partial charge in [-0.1, -0.05) is 18.2 Å². The molecule has 2 aromatic rings. The van der Waals surface area contributed by atoms with Gasteiger partial charge < -0.3 is 10.2 Å². The van der Waals surface area contributed by atoms with Crippen LogP contribution in [-0.4, -0.2) is 31.8 Å². The average Bonchev–Trinajstić information content (AvgIpc) is 2.65. The zero-order chi connectivity index (χ0) is 19.3. The molecule has 2 atom stereocenters. The topological polar surface area (TPSA) is 32.3 Å². The van der Waals surface area contributed by atoms with Crippen molar-refractivity contribution >= 4 is 23.9 Å². The zero-order valence-corrected chi connectivity index (χ0v) is 16.2. The first-order valence-corrected chi connectivity index (χ1v) is 9.69. The van der Waals surface area contributed by atoms with Gasteiger partial charge in [-0.25, -0.2) is 8.78 Å². The van der Waals surface area contributed by atoms with E-state index in [1.165, 1.54) is 28.8 Å². The molecule has 0 saturated carbocycles. The molecule has 0 aliphatic carbocycles. The van der Waals surface area contributed by atoms with Crippen molar-refractivity contribution in [3.63, 3.8) is 0 Å². The number of hydrogen-bond donors (Lipinski definition) is 1. The van der Waals surface area contributed by atoms with E-state index in [4.69, 9.17) is 0 Å². The highest BCUT2D eigenvalue weighted by molar-refractivity contribution is 7.98. The number of carbonyl (C=O) groups is 1. The molecule has 1 amide bonds. The minimum Gasteiger partial charge on any atom is -0.317 e. The van der Waals surface area contributed by atoms with E-state index in [0.29, 0.717) is 18.4 Å². The van der Waals surface area contributed by atoms with Crippen molar-refractivity contribution in [2.75, 3.05) is 18.2 Å². The Morgan fingerprint density at radius 2 is 1.81 bits per heavy atom. The van der Waals surface area contributed by atoms with E-state index >= 15 is 0 Å². The summed E-state index contributed by atoms with van der Waals surface area (Å²) in [7, 11) is 1.82. The molecule has 2 unspecified atom stereocenters. The molecular formula is C20H24F2N2OS. The van der Waals surface area contributed by atoms with Gasteiger partial charge in [0, 0.05) is 22.5 Å². The number of rotatable bonds is 8. The quantitative estimate of drug-likeness (QED) is 0.534. The number of anilines is 1. The third-order valence-electron chi connectivity index (χ3n) is 4.51. The second-order valence-electron chi connectivity index (χ2n) is 6.25.